The molecule has 2 aliphatic rings. The van der Waals surface area contributed by atoms with Crippen molar-refractivity contribution < 1.29 is 0 Å². The molecular formula is C11H20. The highest BCUT2D eigenvalue weighted by atomic mass is 14.6. The first-order valence-electron chi connectivity index (χ1n) is 5.15. The van der Waals surface area contributed by atoms with E-state index in [1.165, 1.54) is 6.42 Å². The summed E-state index contributed by atoms with van der Waals surface area (Å²) in [4.78, 5) is 0. The normalized spacial score (nSPS) is 42.3. The zero-order valence-corrected chi connectivity index (χ0v) is 8.06. The molecule has 2 rings (SSSR count). The summed E-state index contributed by atoms with van der Waals surface area (Å²) in [5.41, 5.74) is 0.640. The molecule has 0 radical (unpaired) electrons. The van der Waals surface area contributed by atoms with E-state index in [1.54, 1.807) is 19.3 Å². The Balaban J connectivity index is 1.96. The van der Waals surface area contributed by atoms with E-state index in [9.17, 15) is 0 Å². The SMILES string of the molecule is CCC(C)(C)C1CC2CCC21. The molecule has 3 atom stereocenters. The molecule has 0 N–H and O–H groups in total. The van der Waals surface area contributed by atoms with E-state index in [4.69, 9.17) is 0 Å². The van der Waals surface area contributed by atoms with Crippen LogP contribution in [0.5, 0.6) is 0 Å². The van der Waals surface area contributed by atoms with Crippen LogP contribution in [0.4, 0.5) is 0 Å². The van der Waals surface area contributed by atoms with Gasteiger partial charge in [0.05, 0.1) is 0 Å². The molecule has 64 valence electrons. The second-order valence-corrected chi connectivity index (χ2v) is 5.19. The predicted molar refractivity (Wildman–Crippen MR) is 48.4 cm³/mol. The third kappa shape index (κ3) is 0.947. The largest absolute Gasteiger partial charge is 0.0649 e. The van der Waals surface area contributed by atoms with Crippen LogP contribution in [-0.2, 0) is 0 Å². The fourth-order valence-corrected chi connectivity index (χ4v) is 2.88. The van der Waals surface area contributed by atoms with Crippen molar-refractivity contribution in [2.75, 3.05) is 0 Å². The highest BCUT2D eigenvalue weighted by molar-refractivity contribution is 5.01. The lowest BCUT2D eigenvalue weighted by Gasteiger charge is -2.59. The zero-order valence-electron chi connectivity index (χ0n) is 8.06. The van der Waals surface area contributed by atoms with Crippen LogP contribution in [0.1, 0.15) is 46.5 Å². The molecule has 2 aliphatic carbocycles. The van der Waals surface area contributed by atoms with Crippen LogP contribution in [-0.4, -0.2) is 0 Å². The Morgan fingerprint density at radius 3 is 2.27 bits per heavy atom. The van der Waals surface area contributed by atoms with E-state index in [2.05, 4.69) is 20.8 Å². The van der Waals surface area contributed by atoms with Gasteiger partial charge < -0.3 is 0 Å². The Labute approximate surface area is 70.4 Å². The lowest BCUT2D eigenvalue weighted by molar-refractivity contribution is -0.0901. The molecule has 0 heteroatoms. The summed E-state index contributed by atoms with van der Waals surface area (Å²) in [6, 6.07) is 0. The van der Waals surface area contributed by atoms with Gasteiger partial charge in [-0.3, -0.25) is 0 Å². The molecule has 0 saturated heterocycles. The molecule has 11 heavy (non-hydrogen) atoms. The van der Waals surface area contributed by atoms with E-state index < -0.39 is 0 Å². The summed E-state index contributed by atoms with van der Waals surface area (Å²) in [5.74, 6) is 3.38. The van der Waals surface area contributed by atoms with Gasteiger partial charge in [-0.1, -0.05) is 27.2 Å². The fourth-order valence-electron chi connectivity index (χ4n) is 2.88. The average molecular weight is 152 g/mol. The van der Waals surface area contributed by atoms with Crippen molar-refractivity contribution in [2.24, 2.45) is 23.2 Å². The maximum absolute atomic E-state index is 2.45. The third-order valence-corrected chi connectivity index (χ3v) is 4.46. The molecule has 0 aromatic carbocycles. The van der Waals surface area contributed by atoms with E-state index in [0.717, 1.165) is 17.8 Å². The lowest BCUT2D eigenvalue weighted by atomic mass is 9.47. The Morgan fingerprint density at radius 1 is 1.27 bits per heavy atom. The van der Waals surface area contributed by atoms with Gasteiger partial charge in [-0.05, 0) is 42.4 Å². The Hall–Kier alpha value is 0. The van der Waals surface area contributed by atoms with Gasteiger partial charge in [-0.15, -0.1) is 0 Å². The molecular weight excluding hydrogens is 132 g/mol. The first kappa shape index (κ1) is 7.64. The highest BCUT2D eigenvalue weighted by Crippen LogP contribution is 2.60. The molecule has 0 heterocycles. The molecule has 0 amide bonds. The van der Waals surface area contributed by atoms with Crippen molar-refractivity contribution in [3.63, 3.8) is 0 Å². The topological polar surface area (TPSA) is 0 Å². The molecule has 0 spiro atoms. The summed E-state index contributed by atoms with van der Waals surface area (Å²) >= 11 is 0. The minimum absolute atomic E-state index is 0.640. The standard InChI is InChI=1S/C11H20/c1-4-11(2,3)10-7-8-5-6-9(8)10/h8-10H,4-7H2,1-3H3. The van der Waals surface area contributed by atoms with E-state index in [1.807, 2.05) is 0 Å². The van der Waals surface area contributed by atoms with Gasteiger partial charge in [0.25, 0.3) is 0 Å². The van der Waals surface area contributed by atoms with Gasteiger partial charge in [-0.2, -0.15) is 0 Å². The summed E-state index contributed by atoms with van der Waals surface area (Å²) < 4.78 is 0. The van der Waals surface area contributed by atoms with Crippen molar-refractivity contribution in [3.05, 3.63) is 0 Å². The molecule has 0 aliphatic heterocycles. The quantitative estimate of drug-likeness (QED) is 0.568. The number of hydrogen-bond donors (Lipinski definition) is 0. The smallest absolute Gasteiger partial charge is 0.0326 e. The Kier molecular flexibility index (Phi) is 1.56. The first-order valence-corrected chi connectivity index (χ1v) is 5.15. The minimum atomic E-state index is 0.640. The van der Waals surface area contributed by atoms with Crippen LogP contribution in [0.25, 0.3) is 0 Å². The lowest BCUT2D eigenvalue weighted by Crippen LogP contribution is -2.50. The fraction of sp³-hybridized carbons (Fsp3) is 1.00. The van der Waals surface area contributed by atoms with E-state index >= 15 is 0 Å². The maximum atomic E-state index is 2.45. The molecule has 0 aromatic rings. The number of rotatable bonds is 2. The minimum Gasteiger partial charge on any atom is -0.0649 e. The van der Waals surface area contributed by atoms with Gasteiger partial charge in [0.2, 0.25) is 0 Å². The van der Waals surface area contributed by atoms with E-state index in [0.29, 0.717) is 5.41 Å². The summed E-state index contributed by atoms with van der Waals surface area (Å²) in [6.07, 6.45) is 5.99. The molecule has 0 nitrogen and oxygen atoms in total. The van der Waals surface area contributed by atoms with Crippen LogP contribution in [0.15, 0.2) is 0 Å². The van der Waals surface area contributed by atoms with Crippen LogP contribution in [0, 0.1) is 23.2 Å². The van der Waals surface area contributed by atoms with Crippen LogP contribution >= 0.6 is 0 Å². The molecule has 0 aromatic heterocycles. The molecule has 2 fully saturated rings. The second-order valence-electron chi connectivity index (χ2n) is 5.19. The summed E-state index contributed by atoms with van der Waals surface area (Å²) in [5, 5.41) is 0. The van der Waals surface area contributed by atoms with Gasteiger partial charge in [0.1, 0.15) is 0 Å². The summed E-state index contributed by atoms with van der Waals surface area (Å²) in [6.45, 7) is 7.24. The van der Waals surface area contributed by atoms with E-state index in [-0.39, 0.29) is 0 Å². The summed E-state index contributed by atoms with van der Waals surface area (Å²) in [7, 11) is 0. The first-order chi connectivity index (χ1) is 5.15. The van der Waals surface area contributed by atoms with Gasteiger partial charge in [0, 0.05) is 0 Å². The predicted octanol–water partition coefficient (Wildman–Crippen LogP) is 3.47. The van der Waals surface area contributed by atoms with Gasteiger partial charge in [0.15, 0.2) is 0 Å². The van der Waals surface area contributed by atoms with Crippen molar-refractivity contribution in [3.8, 4) is 0 Å². The zero-order chi connectivity index (χ0) is 8.06. The van der Waals surface area contributed by atoms with Crippen LogP contribution in [0.2, 0.25) is 0 Å². The third-order valence-electron chi connectivity index (χ3n) is 4.46. The van der Waals surface area contributed by atoms with Gasteiger partial charge >= 0.3 is 0 Å². The van der Waals surface area contributed by atoms with Crippen LogP contribution < -0.4 is 0 Å². The van der Waals surface area contributed by atoms with Crippen molar-refractivity contribution >= 4 is 0 Å². The van der Waals surface area contributed by atoms with Crippen molar-refractivity contribution in [2.45, 2.75) is 46.5 Å². The van der Waals surface area contributed by atoms with Crippen molar-refractivity contribution in [1.82, 2.24) is 0 Å². The van der Waals surface area contributed by atoms with Crippen LogP contribution in [0.3, 0.4) is 0 Å². The monoisotopic (exact) mass is 152 g/mol. The maximum Gasteiger partial charge on any atom is -0.0326 e. The second kappa shape index (κ2) is 2.24. The number of fused-ring (bicyclic) bond motifs is 1. The van der Waals surface area contributed by atoms with Crippen molar-refractivity contribution in [1.29, 1.82) is 0 Å². The highest BCUT2D eigenvalue weighted by Gasteiger charge is 2.51. The molecule has 0 bridgehead atoms. The van der Waals surface area contributed by atoms with Gasteiger partial charge in [-0.25, -0.2) is 0 Å². The number of hydrogen-bond acceptors (Lipinski definition) is 0. The Bertz CT molecular complexity index is 157. The average Bonchev–Trinajstić information content (AvgIpc) is 1.95. The molecule has 2 saturated carbocycles. The Morgan fingerprint density at radius 2 is 2.00 bits per heavy atom. The molecule has 3 unspecified atom stereocenters.